The molecule has 0 spiro atoms. The molecule has 1 aliphatic carbocycles. The van der Waals surface area contributed by atoms with Crippen molar-refractivity contribution in [3.63, 3.8) is 0 Å². The van der Waals surface area contributed by atoms with E-state index in [1.807, 2.05) is 37.7 Å². The van der Waals surface area contributed by atoms with Crippen molar-refractivity contribution in [2.75, 3.05) is 13.2 Å². The molecule has 6 nitrogen and oxygen atoms in total. The number of hydrogen-bond acceptors (Lipinski definition) is 4. The SMILES string of the molecule is Cc1cc(C2CCC(N3CC(C(=O)NC(C)C)OCC3Cc3ccc(Cl)cc3)CC2)nn1C. The second-order valence-corrected chi connectivity index (χ2v) is 10.4. The van der Waals surface area contributed by atoms with Crippen LogP contribution in [-0.2, 0) is 23.0 Å². The Morgan fingerprint density at radius 3 is 2.52 bits per heavy atom. The number of amides is 1. The third-order valence-electron chi connectivity index (χ3n) is 7.16. The van der Waals surface area contributed by atoms with E-state index >= 15 is 0 Å². The van der Waals surface area contributed by atoms with Crippen LogP contribution >= 0.6 is 11.6 Å². The zero-order chi connectivity index (χ0) is 23.5. The summed E-state index contributed by atoms with van der Waals surface area (Å²) in [7, 11) is 2.02. The molecule has 1 N–H and O–H groups in total. The molecule has 2 unspecified atom stereocenters. The zero-order valence-electron chi connectivity index (χ0n) is 20.3. The van der Waals surface area contributed by atoms with Crippen LogP contribution in [0.2, 0.25) is 5.02 Å². The first-order valence-corrected chi connectivity index (χ1v) is 12.6. The molecule has 4 rings (SSSR count). The summed E-state index contributed by atoms with van der Waals surface area (Å²) in [6, 6.07) is 11.1. The number of benzene rings is 1. The molecule has 1 aliphatic heterocycles. The van der Waals surface area contributed by atoms with Gasteiger partial charge in [-0.25, -0.2) is 0 Å². The molecule has 180 valence electrons. The van der Waals surface area contributed by atoms with Crippen molar-refractivity contribution in [2.24, 2.45) is 7.05 Å². The number of nitrogens with zero attached hydrogens (tertiary/aromatic N) is 3. The summed E-state index contributed by atoms with van der Waals surface area (Å²) in [6.45, 7) is 7.30. The molecule has 0 radical (unpaired) electrons. The summed E-state index contributed by atoms with van der Waals surface area (Å²) in [6.07, 6.45) is 5.00. The van der Waals surface area contributed by atoms with Gasteiger partial charge in [-0.1, -0.05) is 23.7 Å². The third-order valence-corrected chi connectivity index (χ3v) is 7.41. The average Bonchev–Trinajstić information content (AvgIpc) is 3.13. The van der Waals surface area contributed by atoms with Crippen LogP contribution in [0.25, 0.3) is 0 Å². The maximum absolute atomic E-state index is 12.7. The minimum absolute atomic E-state index is 0.00223. The van der Waals surface area contributed by atoms with E-state index in [0.717, 1.165) is 37.1 Å². The average molecular weight is 473 g/mol. The Kier molecular flexibility index (Phi) is 7.77. The van der Waals surface area contributed by atoms with E-state index in [1.165, 1.54) is 17.0 Å². The molecule has 1 saturated carbocycles. The summed E-state index contributed by atoms with van der Waals surface area (Å²) < 4.78 is 8.06. The van der Waals surface area contributed by atoms with E-state index in [1.54, 1.807) is 0 Å². The highest BCUT2D eigenvalue weighted by Crippen LogP contribution is 2.36. The Morgan fingerprint density at radius 2 is 1.91 bits per heavy atom. The van der Waals surface area contributed by atoms with Crippen LogP contribution < -0.4 is 5.32 Å². The Bertz CT molecular complexity index is 915. The van der Waals surface area contributed by atoms with Crippen molar-refractivity contribution >= 4 is 17.5 Å². The number of hydrogen-bond donors (Lipinski definition) is 1. The second-order valence-electron chi connectivity index (χ2n) is 10.0. The van der Waals surface area contributed by atoms with E-state index < -0.39 is 6.10 Å². The molecule has 2 aromatic rings. The minimum atomic E-state index is -0.412. The van der Waals surface area contributed by atoms with Gasteiger partial charge in [0, 0.05) is 48.4 Å². The number of ether oxygens (including phenoxy) is 1. The van der Waals surface area contributed by atoms with Crippen LogP contribution in [0.15, 0.2) is 30.3 Å². The number of aromatic nitrogens is 2. The summed E-state index contributed by atoms with van der Waals surface area (Å²) in [5, 5.41) is 8.51. The fraction of sp³-hybridized carbons (Fsp3) is 0.615. The van der Waals surface area contributed by atoms with Gasteiger partial charge in [0.15, 0.2) is 0 Å². The molecule has 1 amide bonds. The first-order valence-electron chi connectivity index (χ1n) is 12.2. The molecule has 7 heteroatoms. The number of nitrogens with one attached hydrogen (secondary N) is 1. The minimum Gasteiger partial charge on any atom is -0.365 e. The van der Waals surface area contributed by atoms with E-state index in [9.17, 15) is 4.79 Å². The van der Waals surface area contributed by atoms with Gasteiger partial charge in [0.25, 0.3) is 5.91 Å². The molecule has 0 bridgehead atoms. The first kappa shape index (κ1) is 24.2. The summed E-state index contributed by atoms with van der Waals surface area (Å²) >= 11 is 6.09. The van der Waals surface area contributed by atoms with Crippen molar-refractivity contribution in [3.8, 4) is 0 Å². The van der Waals surface area contributed by atoms with Gasteiger partial charge in [0.2, 0.25) is 0 Å². The summed E-state index contributed by atoms with van der Waals surface area (Å²) in [4.78, 5) is 15.3. The van der Waals surface area contributed by atoms with Gasteiger partial charge in [-0.05, 0) is 76.6 Å². The van der Waals surface area contributed by atoms with Crippen molar-refractivity contribution in [3.05, 3.63) is 52.3 Å². The van der Waals surface area contributed by atoms with Gasteiger partial charge in [-0.2, -0.15) is 5.10 Å². The molecule has 2 heterocycles. The van der Waals surface area contributed by atoms with Gasteiger partial charge in [-0.15, -0.1) is 0 Å². The van der Waals surface area contributed by atoms with Gasteiger partial charge in [0.1, 0.15) is 6.10 Å². The van der Waals surface area contributed by atoms with E-state index in [4.69, 9.17) is 21.4 Å². The standard InChI is InChI=1S/C26H37ClN4O2/c1-17(2)28-26(32)25-15-31(23(16-33-25)14-19-5-9-21(27)10-6-19)22-11-7-20(8-12-22)24-13-18(3)30(4)29-24/h5-6,9-10,13,17,20,22-23,25H,7-8,11-12,14-16H2,1-4H3,(H,28,32). The quantitative estimate of drug-likeness (QED) is 0.683. The van der Waals surface area contributed by atoms with Crippen LogP contribution in [0.1, 0.15) is 62.4 Å². The fourth-order valence-electron chi connectivity index (χ4n) is 5.26. The van der Waals surface area contributed by atoms with Crippen molar-refractivity contribution in [2.45, 2.75) is 83.0 Å². The van der Waals surface area contributed by atoms with E-state index in [-0.39, 0.29) is 18.0 Å². The number of carbonyl (C=O) groups excluding carboxylic acids is 1. The van der Waals surface area contributed by atoms with Crippen molar-refractivity contribution in [1.29, 1.82) is 0 Å². The van der Waals surface area contributed by atoms with Crippen molar-refractivity contribution in [1.82, 2.24) is 20.0 Å². The largest absolute Gasteiger partial charge is 0.365 e. The Balaban J connectivity index is 1.46. The Morgan fingerprint density at radius 1 is 1.21 bits per heavy atom. The number of halogens is 1. The van der Waals surface area contributed by atoms with Gasteiger partial charge in [0.05, 0.1) is 12.3 Å². The molecular weight excluding hydrogens is 436 g/mol. The lowest BCUT2D eigenvalue weighted by Crippen LogP contribution is -2.59. The topological polar surface area (TPSA) is 59.4 Å². The van der Waals surface area contributed by atoms with Crippen LogP contribution in [0.5, 0.6) is 0 Å². The molecule has 33 heavy (non-hydrogen) atoms. The van der Waals surface area contributed by atoms with Gasteiger partial charge >= 0.3 is 0 Å². The van der Waals surface area contributed by atoms with E-state index in [0.29, 0.717) is 25.1 Å². The fourth-order valence-corrected chi connectivity index (χ4v) is 5.39. The smallest absolute Gasteiger partial charge is 0.250 e. The lowest BCUT2D eigenvalue weighted by molar-refractivity contribution is -0.145. The Hall–Kier alpha value is -1.89. The molecule has 1 aromatic carbocycles. The first-order chi connectivity index (χ1) is 15.8. The lowest BCUT2D eigenvalue weighted by atomic mass is 9.82. The zero-order valence-corrected chi connectivity index (χ0v) is 21.0. The molecular formula is C26H37ClN4O2. The number of carbonyl (C=O) groups is 1. The normalized spacial score (nSPS) is 26.5. The second kappa shape index (κ2) is 10.6. The summed E-state index contributed by atoms with van der Waals surface area (Å²) in [5.74, 6) is 0.523. The maximum Gasteiger partial charge on any atom is 0.250 e. The highest BCUT2D eigenvalue weighted by Gasteiger charge is 2.38. The maximum atomic E-state index is 12.7. The highest BCUT2D eigenvalue weighted by molar-refractivity contribution is 6.30. The summed E-state index contributed by atoms with van der Waals surface area (Å²) in [5.41, 5.74) is 3.69. The number of aryl methyl sites for hydroxylation is 2. The van der Waals surface area contributed by atoms with Crippen LogP contribution in [0.3, 0.4) is 0 Å². The molecule has 1 saturated heterocycles. The van der Waals surface area contributed by atoms with Crippen molar-refractivity contribution < 1.29 is 9.53 Å². The van der Waals surface area contributed by atoms with Crippen LogP contribution in [-0.4, -0.2) is 58.0 Å². The lowest BCUT2D eigenvalue weighted by Gasteiger charge is -2.46. The third kappa shape index (κ3) is 5.97. The van der Waals surface area contributed by atoms with Gasteiger partial charge < -0.3 is 10.1 Å². The van der Waals surface area contributed by atoms with Gasteiger partial charge in [-0.3, -0.25) is 14.4 Å². The highest BCUT2D eigenvalue weighted by atomic mass is 35.5. The van der Waals surface area contributed by atoms with E-state index in [2.05, 4.69) is 35.3 Å². The van der Waals surface area contributed by atoms with Crippen LogP contribution in [0.4, 0.5) is 0 Å². The monoisotopic (exact) mass is 472 g/mol. The number of morpholine rings is 1. The molecule has 1 aromatic heterocycles. The molecule has 2 fully saturated rings. The predicted molar refractivity (Wildman–Crippen MR) is 132 cm³/mol. The number of rotatable bonds is 6. The Labute approximate surface area is 202 Å². The predicted octanol–water partition coefficient (Wildman–Crippen LogP) is 4.24. The molecule has 2 aliphatic rings. The molecule has 2 atom stereocenters. The van der Waals surface area contributed by atoms with Crippen LogP contribution in [0, 0.1) is 6.92 Å².